The van der Waals surface area contributed by atoms with E-state index in [1.807, 2.05) is 56.3 Å². The maximum atomic E-state index is 12.5. The van der Waals surface area contributed by atoms with Crippen molar-refractivity contribution in [3.63, 3.8) is 0 Å². The molecule has 1 aliphatic rings. The number of hydrogen-bond donors (Lipinski definition) is 1. The second-order valence-electron chi connectivity index (χ2n) is 7.35. The van der Waals surface area contributed by atoms with E-state index >= 15 is 0 Å². The van der Waals surface area contributed by atoms with Gasteiger partial charge in [0, 0.05) is 24.3 Å². The van der Waals surface area contributed by atoms with Crippen molar-refractivity contribution in [1.29, 1.82) is 0 Å². The highest BCUT2D eigenvalue weighted by atomic mass is 16.5. The first-order valence-electron chi connectivity index (χ1n) is 9.81. The highest BCUT2D eigenvalue weighted by molar-refractivity contribution is 6.01. The highest BCUT2D eigenvalue weighted by Crippen LogP contribution is 2.31. The van der Waals surface area contributed by atoms with Crippen molar-refractivity contribution < 1.29 is 19.1 Å². The average Bonchev–Trinajstić information content (AvgIpc) is 3.08. The normalized spacial score (nSPS) is 16.0. The lowest BCUT2D eigenvalue weighted by atomic mass is 10.1. The SMILES string of the molecule is CCc1ccc(NC(=O)COC(=O)[C@H]2CC(=O)N(c3c(C)cccc3C)C2)cc1. The Balaban J connectivity index is 1.54. The number of nitrogens with zero attached hydrogens (tertiary/aromatic N) is 1. The molecule has 0 radical (unpaired) electrons. The van der Waals surface area contributed by atoms with Gasteiger partial charge in [-0.15, -0.1) is 0 Å². The Hall–Kier alpha value is -3.15. The Morgan fingerprint density at radius 2 is 1.76 bits per heavy atom. The van der Waals surface area contributed by atoms with Crippen molar-refractivity contribution in [2.24, 2.45) is 5.92 Å². The number of carbonyl (C=O) groups excluding carboxylic acids is 3. The van der Waals surface area contributed by atoms with E-state index in [1.165, 1.54) is 5.56 Å². The fourth-order valence-corrected chi connectivity index (χ4v) is 3.59. The predicted molar refractivity (Wildman–Crippen MR) is 112 cm³/mol. The summed E-state index contributed by atoms with van der Waals surface area (Å²) in [6.07, 6.45) is 1.01. The third-order valence-electron chi connectivity index (χ3n) is 5.16. The quantitative estimate of drug-likeness (QED) is 0.762. The van der Waals surface area contributed by atoms with Crippen LogP contribution >= 0.6 is 0 Å². The summed E-state index contributed by atoms with van der Waals surface area (Å²) in [7, 11) is 0. The van der Waals surface area contributed by atoms with Gasteiger partial charge in [-0.1, -0.05) is 37.3 Å². The largest absolute Gasteiger partial charge is 0.455 e. The third kappa shape index (κ3) is 4.83. The number of carbonyl (C=O) groups is 3. The Morgan fingerprint density at radius 3 is 2.38 bits per heavy atom. The minimum atomic E-state index is -0.571. The molecule has 1 aliphatic heterocycles. The molecule has 0 saturated carbocycles. The first kappa shape index (κ1) is 20.6. The summed E-state index contributed by atoms with van der Waals surface area (Å²) in [5.74, 6) is -1.61. The molecule has 2 aromatic carbocycles. The van der Waals surface area contributed by atoms with Crippen LogP contribution in [0.5, 0.6) is 0 Å². The summed E-state index contributed by atoms with van der Waals surface area (Å²) in [6.45, 7) is 5.84. The molecule has 2 aromatic rings. The van der Waals surface area contributed by atoms with Crippen LogP contribution in [0.1, 0.15) is 30.0 Å². The lowest BCUT2D eigenvalue weighted by Gasteiger charge is -2.21. The molecule has 29 heavy (non-hydrogen) atoms. The van der Waals surface area contributed by atoms with E-state index in [9.17, 15) is 14.4 Å². The van der Waals surface area contributed by atoms with Crippen LogP contribution in [0.2, 0.25) is 0 Å². The van der Waals surface area contributed by atoms with Gasteiger partial charge in [0.1, 0.15) is 0 Å². The Morgan fingerprint density at radius 1 is 1.10 bits per heavy atom. The maximum Gasteiger partial charge on any atom is 0.311 e. The Labute approximate surface area is 170 Å². The first-order valence-corrected chi connectivity index (χ1v) is 9.81. The van der Waals surface area contributed by atoms with E-state index in [0.717, 1.165) is 23.2 Å². The van der Waals surface area contributed by atoms with Gasteiger partial charge in [-0.25, -0.2) is 0 Å². The zero-order valence-corrected chi connectivity index (χ0v) is 17.0. The van der Waals surface area contributed by atoms with Crippen LogP contribution in [0.4, 0.5) is 11.4 Å². The Kier molecular flexibility index (Phi) is 6.32. The summed E-state index contributed by atoms with van der Waals surface area (Å²) in [5, 5.41) is 2.70. The smallest absolute Gasteiger partial charge is 0.311 e. The second kappa shape index (κ2) is 8.90. The summed E-state index contributed by atoms with van der Waals surface area (Å²) in [4.78, 5) is 38.6. The summed E-state index contributed by atoms with van der Waals surface area (Å²) in [5.41, 5.74) is 4.65. The van der Waals surface area contributed by atoms with Gasteiger partial charge in [0.25, 0.3) is 5.91 Å². The van der Waals surface area contributed by atoms with Crippen LogP contribution in [0, 0.1) is 19.8 Å². The fourth-order valence-electron chi connectivity index (χ4n) is 3.59. The van der Waals surface area contributed by atoms with E-state index in [2.05, 4.69) is 12.2 Å². The lowest BCUT2D eigenvalue weighted by molar-refractivity contribution is -0.151. The minimum Gasteiger partial charge on any atom is -0.455 e. The van der Waals surface area contributed by atoms with Crippen LogP contribution in [-0.4, -0.2) is 30.9 Å². The van der Waals surface area contributed by atoms with Gasteiger partial charge in [-0.3, -0.25) is 14.4 Å². The van der Waals surface area contributed by atoms with Crippen molar-refractivity contribution in [3.05, 3.63) is 59.2 Å². The van der Waals surface area contributed by atoms with Crippen molar-refractivity contribution in [3.8, 4) is 0 Å². The molecular formula is C23H26N2O4. The van der Waals surface area contributed by atoms with Crippen molar-refractivity contribution in [2.75, 3.05) is 23.4 Å². The van der Waals surface area contributed by atoms with Gasteiger partial charge in [0.15, 0.2) is 6.61 Å². The molecule has 0 spiro atoms. The second-order valence-corrected chi connectivity index (χ2v) is 7.35. The molecule has 0 bridgehead atoms. The number of rotatable bonds is 6. The topological polar surface area (TPSA) is 75.7 Å². The number of amides is 2. The molecule has 0 unspecified atom stereocenters. The minimum absolute atomic E-state index is 0.0900. The van der Waals surface area contributed by atoms with Gasteiger partial charge < -0.3 is 15.0 Å². The monoisotopic (exact) mass is 394 g/mol. The molecule has 2 amide bonds. The van der Waals surface area contributed by atoms with Gasteiger partial charge in [0.2, 0.25) is 5.91 Å². The predicted octanol–water partition coefficient (Wildman–Crippen LogP) is 3.40. The van der Waals surface area contributed by atoms with Crippen LogP contribution < -0.4 is 10.2 Å². The average molecular weight is 394 g/mol. The van der Waals surface area contributed by atoms with Gasteiger partial charge in [-0.05, 0) is 49.1 Å². The molecule has 1 N–H and O–H groups in total. The molecule has 0 aromatic heterocycles. The Bertz CT molecular complexity index is 901. The van der Waals surface area contributed by atoms with Crippen LogP contribution in [-0.2, 0) is 25.5 Å². The highest BCUT2D eigenvalue weighted by Gasteiger charge is 2.37. The number of aryl methyl sites for hydroxylation is 3. The number of benzene rings is 2. The molecule has 1 saturated heterocycles. The van der Waals surface area contributed by atoms with E-state index in [-0.39, 0.29) is 25.5 Å². The summed E-state index contributed by atoms with van der Waals surface area (Å²) in [6, 6.07) is 13.3. The molecule has 0 aliphatic carbocycles. The molecule has 152 valence electrons. The zero-order valence-electron chi connectivity index (χ0n) is 17.0. The number of esters is 1. The van der Waals surface area contributed by atoms with Crippen LogP contribution in [0.3, 0.4) is 0 Å². The van der Waals surface area contributed by atoms with Crippen molar-refractivity contribution >= 4 is 29.2 Å². The molecule has 6 nitrogen and oxygen atoms in total. The first-order chi connectivity index (χ1) is 13.9. The molecule has 3 rings (SSSR count). The van der Waals surface area contributed by atoms with Gasteiger partial charge in [-0.2, -0.15) is 0 Å². The number of anilines is 2. The lowest BCUT2D eigenvalue weighted by Crippen LogP contribution is -2.29. The number of para-hydroxylation sites is 1. The standard InChI is InChI=1S/C23H26N2O4/c1-4-17-8-10-19(11-9-17)24-20(26)14-29-23(28)18-12-21(27)25(13-18)22-15(2)6-5-7-16(22)3/h5-11,18H,4,12-14H2,1-3H3,(H,24,26)/t18-/m0/s1. The molecule has 6 heteroatoms. The molecule has 1 fully saturated rings. The van der Waals surface area contributed by atoms with E-state index < -0.39 is 17.8 Å². The van der Waals surface area contributed by atoms with Crippen molar-refractivity contribution in [2.45, 2.75) is 33.6 Å². The number of ether oxygens (including phenoxy) is 1. The number of hydrogen-bond acceptors (Lipinski definition) is 4. The maximum absolute atomic E-state index is 12.5. The number of nitrogens with one attached hydrogen (secondary N) is 1. The summed E-state index contributed by atoms with van der Waals surface area (Å²) < 4.78 is 5.17. The van der Waals surface area contributed by atoms with Crippen LogP contribution in [0.15, 0.2) is 42.5 Å². The van der Waals surface area contributed by atoms with E-state index in [4.69, 9.17) is 4.74 Å². The van der Waals surface area contributed by atoms with Gasteiger partial charge >= 0.3 is 5.97 Å². The fraction of sp³-hybridized carbons (Fsp3) is 0.348. The molecule has 1 atom stereocenters. The van der Waals surface area contributed by atoms with Crippen molar-refractivity contribution in [1.82, 2.24) is 0 Å². The van der Waals surface area contributed by atoms with E-state index in [0.29, 0.717) is 5.69 Å². The molecule has 1 heterocycles. The van der Waals surface area contributed by atoms with E-state index in [1.54, 1.807) is 4.90 Å². The molecular weight excluding hydrogens is 368 g/mol. The van der Waals surface area contributed by atoms with Gasteiger partial charge in [0.05, 0.1) is 5.92 Å². The van der Waals surface area contributed by atoms with Crippen LogP contribution in [0.25, 0.3) is 0 Å². The summed E-state index contributed by atoms with van der Waals surface area (Å²) >= 11 is 0. The zero-order chi connectivity index (χ0) is 21.0. The third-order valence-corrected chi connectivity index (χ3v) is 5.16.